The van der Waals surface area contributed by atoms with Crippen LogP contribution in [-0.4, -0.2) is 26.0 Å². The molecule has 0 saturated carbocycles. The summed E-state index contributed by atoms with van der Waals surface area (Å²) >= 11 is 0. The molecule has 0 bridgehead atoms. The second kappa shape index (κ2) is 5.53. The zero-order valence-corrected chi connectivity index (χ0v) is 11.2. The standard InChI is InChI=1S/C13H11N3O5/c1-7-3-8(2)11(4-10(7)16(19)20)21-12-6-14-9(5-15-12)13(17)18/h3-6H,1-2H3,(H,17,18). The summed E-state index contributed by atoms with van der Waals surface area (Å²) in [5.74, 6) is -0.873. The Balaban J connectivity index is 2.32. The molecule has 1 aromatic carbocycles. The summed E-state index contributed by atoms with van der Waals surface area (Å²) in [6, 6.07) is 2.93. The zero-order chi connectivity index (χ0) is 15.6. The van der Waals surface area contributed by atoms with Crippen molar-refractivity contribution in [3.05, 3.63) is 51.5 Å². The maximum atomic E-state index is 10.9. The highest BCUT2D eigenvalue weighted by Crippen LogP contribution is 2.30. The van der Waals surface area contributed by atoms with Crippen LogP contribution in [0.1, 0.15) is 21.6 Å². The Hall–Kier alpha value is -3.03. The molecule has 2 aromatic rings. The highest BCUT2D eigenvalue weighted by atomic mass is 16.6. The first-order chi connectivity index (χ1) is 9.88. The molecule has 0 radical (unpaired) electrons. The topological polar surface area (TPSA) is 115 Å². The summed E-state index contributed by atoms with van der Waals surface area (Å²) in [5, 5.41) is 19.6. The SMILES string of the molecule is Cc1cc(C)c([N+](=O)[O-])cc1Oc1cnc(C(=O)O)cn1. The van der Waals surface area contributed by atoms with Crippen LogP contribution >= 0.6 is 0 Å². The molecular formula is C13H11N3O5. The average Bonchev–Trinajstić information content (AvgIpc) is 2.42. The highest BCUT2D eigenvalue weighted by Gasteiger charge is 2.15. The Bertz CT molecular complexity index is 712. The van der Waals surface area contributed by atoms with E-state index in [1.807, 2.05) is 0 Å². The van der Waals surface area contributed by atoms with Crippen molar-refractivity contribution < 1.29 is 19.6 Å². The lowest BCUT2D eigenvalue weighted by Crippen LogP contribution is -2.02. The second-order valence-corrected chi connectivity index (χ2v) is 4.31. The second-order valence-electron chi connectivity index (χ2n) is 4.31. The normalized spacial score (nSPS) is 10.2. The Morgan fingerprint density at radius 3 is 2.48 bits per heavy atom. The Kier molecular flexibility index (Phi) is 3.79. The number of aromatic nitrogens is 2. The van der Waals surface area contributed by atoms with E-state index >= 15 is 0 Å². The van der Waals surface area contributed by atoms with Crippen molar-refractivity contribution in [3.63, 3.8) is 0 Å². The third-order valence-electron chi connectivity index (χ3n) is 2.75. The number of aryl methyl sites for hydroxylation is 2. The van der Waals surface area contributed by atoms with E-state index in [1.165, 1.54) is 6.07 Å². The fraction of sp³-hybridized carbons (Fsp3) is 0.154. The average molecular weight is 289 g/mol. The van der Waals surface area contributed by atoms with Crippen LogP contribution in [0, 0.1) is 24.0 Å². The number of ether oxygens (including phenoxy) is 1. The van der Waals surface area contributed by atoms with Gasteiger partial charge in [0.15, 0.2) is 5.69 Å². The number of hydrogen-bond donors (Lipinski definition) is 1. The minimum absolute atomic E-state index is 0.0567. The fourth-order valence-electron chi connectivity index (χ4n) is 1.72. The first kappa shape index (κ1) is 14.4. The summed E-state index contributed by atoms with van der Waals surface area (Å²) in [7, 11) is 0. The van der Waals surface area contributed by atoms with Crippen LogP contribution < -0.4 is 4.74 Å². The monoisotopic (exact) mass is 289 g/mol. The molecule has 2 rings (SSSR count). The van der Waals surface area contributed by atoms with E-state index in [4.69, 9.17) is 9.84 Å². The van der Waals surface area contributed by atoms with Gasteiger partial charge in [0.05, 0.1) is 23.4 Å². The molecule has 0 amide bonds. The van der Waals surface area contributed by atoms with Crippen LogP contribution in [0.5, 0.6) is 11.6 Å². The summed E-state index contributed by atoms with van der Waals surface area (Å²) in [6.07, 6.45) is 2.20. The summed E-state index contributed by atoms with van der Waals surface area (Å²) in [6.45, 7) is 3.38. The number of nitro groups is 1. The Labute approximate surface area is 119 Å². The van der Waals surface area contributed by atoms with Gasteiger partial charge >= 0.3 is 5.97 Å². The number of aromatic carboxylic acids is 1. The molecule has 0 spiro atoms. The van der Waals surface area contributed by atoms with Gasteiger partial charge in [-0.25, -0.2) is 14.8 Å². The van der Waals surface area contributed by atoms with Crippen LogP contribution in [-0.2, 0) is 0 Å². The van der Waals surface area contributed by atoms with Crippen molar-refractivity contribution in [1.29, 1.82) is 0 Å². The fourth-order valence-corrected chi connectivity index (χ4v) is 1.72. The molecule has 0 aliphatic heterocycles. The third kappa shape index (κ3) is 3.11. The van der Waals surface area contributed by atoms with E-state index in [1.54, 1.807) is 19.9 Å². The molecule has 1 aromatic heterocycles. The van der Waals surface area contributed by atoms with E-state index in [-0.39, 0.29) is 23.0 Å². The summed E-state index contributed by atoms with van der Waals surface area (Å²) in [4.78, 5) is 28.5. The van der Waals surface area contributed by atoms with Gasteiger partial charge in [-0.1, -0.05) is 0 Å². The molecule has 8 nitrogen and oxygen atoms in total. The lowest BCUT2D eigenvalue weighted by atomic mass is 10.1. The number of nitrogens with zero attached hydrogens (tertiary/aromatic N) is 3. The van der Waals surface area contributed by atoms with Gasteiger partial charge in [-0.2, -0.15) is 0 Å². The van der Waals surface area contributed by atoms with Gasteiger partial charge in [0.25, 0.3) is 5.69 Å². The quantitative estimate of drug-likeness (QED) is 0.678. The Morgan fingerprint density at radius 1 is 1.24 bits per heavy atom. The van der Waals surface area contributed by atoms with Crippen molar-refractivity contribution in [2.75, 3.05) is 0 Å². The van der Waals surface area contributed by atoms with Gasteiger partial charge in [0.1, 0.15) is 5.75 Å². The van der Waals surface area contributed by atoms with Gasteiger partial charge in [0, 0.05) is 5.56 Å². The van der Waals surface area contributed by atoms with Gasteiger partial charge in [0.2, 0.25) is 5.88 Å². The number of carboxylic acids is 1. The molecule has 0 aliphatic rings. The van der Waals surface area contributed by atoms with Crippen LogP contribution in [0.25, 0.3) is 0 Å². The van der Waals surface area contributed by atoms with E-state index < -0.39 is 10.9 Å². The van der Waals surface area contributed by atoms with Crippen molar-refractivity contribution in [2.45, 2.75) is 13.8 Å². The van der Waals surface area contributed by atoms with Crippen LogP contribution in [0.2, 0.25) is 0 Å². The molecule has 0 fully saturated rings. The van der Waals surface area contributed by atoms with Crippen LogP contribution in [0.3, 0.4) is 0 Å². The minimum atomic E-state index is -1.20. The molecular weight excluding hydrogens is 278 g/mol. The number of nitro benzene ring substituents is 1. The number of hydrogen-bond acceptors (Lipinski definition) is 6. The number of carbonyl (C=O) groups is 1. The lowest BCUT2D eigenvalue weighted by Gasteiger charge is -2.08. The maximum absolute atomic E-state index is 10.9. The van der Waals surface area contributed by atoms with Crippen molar-refractivity contribution in [2.24, 2.45) is 0 Å². The lowest BCUT2D eigenvalue weighted by molar-refractivity contribution is -0.385. The molecule has 108 valence electrons. The van der Waals surface area contributed by atoms with E-state index in [2.05, 4.69) is 9.97 Å². The van der Waals surface area contributed by atoms with Crippen LogP contribution in [0.4, 0.5) is 5.69 Å². The molecule has 0 unspecified atom stereocenters. The van der Waals surface area contributed by atoms with E-state index in [0.29, 0.717) is 11.1 Å². The predicted octanol–water partition coefficient (Wildman–Crippen LogP) is 2.49. The molecule has 8 heteroatoms. The minimum Gasteiger partial charge on any atom is -0.476 e. The first-order valence-electron chi connectivity index (χ1n) is 5.87. The first-order valence-corrected chi connectivity index (χ1v) is 5.87. The van der Waals surface area contributed by atoms with Gasteiger partial charge in [-0.3, -0.25) is 10.1 Å². The van der Waals surface area contributed by atoms with Crippen molar-refractivity contribution >= 4 is 11.7 Å². The Morgan fingerprint density at radius 2 is 1.95 bits per heavy atom. The molecule has 0 aliphatic carbocycles. The number of benzene rings is 1. The predicted molar refractivity (Wildman–Crippen MR) is 71.6 cm³/mol. The molecule has 21 heavy (non-hydrogen) atoms. The largest absolute Gasteiger partial charge is 0.476 e. The maximum Gasteiger partial charge on any atom is 0.356 e. The van der Waals surface area contributed by atoms with E-state index in [0.717, 1.165) is 12.4 Å². The molecule has 0 atom stereocenters. The molecule has 1 N–H and O–H groups in total. The van der Waals surface area contributed by atoms with Gasteiger partial charge < -0.3 is 9.84 Å². The van der Waals surface area contributed by atoms with Crippen molar-refractivity contribution in [3.8, 4) is 11.6 Å². The van der Waals surface area contributed by atoms with Crippen molar-refractivity contribution in [1.82, 2.24) is 9.97 Å². The van der Waals surface area contributed by atoms with Gasteiger partial charge in [-0.15, -0.1) is 0 Å². The third-order valence-corrected chi connectivity index (χ3v) is 2.75. The molecule has 0 saturated heterocycles. The summed E-state index contributed by atoms with van der Waals surface area (Å²) in [5.41, 5.74) is 0.944. The highest BCUT2D eigenvalue weighted by molar-refractivity contribution is 5.84. The van der Waals surface area contributed by atoms with Crippen LogP contribution in [0.15, 0.2) is 24.5 Å². The van der Waals surface area contributed by atoms with E-state index in [9.17, 15) is 14.9 Å². The van der Waals surface area contributed by atoms with Gasteiger partial charge in [-0.05, 0) is 25.5 Å². The number of rotatable bonds is 4. The number of carboxylic acid groups (broad SMARTS) is 1. The zero-order valence-electron chi connectivity index (χ0n) is 11.2. The summed E-state index contributed by atoms with van der Waals surface area (Å²) < 4.78 is 5.42. The molecule has 1 heterocycles. The smallest absolute Gasteiger partial charge is 0.356 e.